The minimum atomic E-state index is -2.11. The van der Waals surface area contributed by atoms with Crippen LogP contribution in [0.15, 0.2) is 95.5 Å². The minimum absolute atomic E-state index is 0.199. The molecule has 2 atom stereocenters. The third-order valence-corrected chi connectivity index (χ3v) is 9.50. The van der Waals surface area contributed by atoms with Gasteiger partial charge in [0.25, 0.3) is 0 Å². The lowest BCUT2D eigenvalue weighted by molar-refractivity contribution is -0.140. The number of nitriles is 1. The maximum atomic E-state index is 15.3. The van der Waals surface area contributed by atoms with Crippen molar-refractivity contribution in [2.24, 2.45) is 5.73 Å². The summed E-state index contributed by atoms with van der Waals surface area (Å²) in [4.78, 5) is 46.1. The van der Waals surface area contributed by atoms with Crippen molar-refractivity contribution in [2.75, 3.05) is 31.1 Å². The summed E-state index contributed by atoms with van der Waals surface area (Å²) in [6.45, 7) is 6.05. The second-order valence-electron chi connectivity index (χ2n) is 12.4. The lowest BCUT2D eigenvalue weighted by Crippen LogP contribution is -2.59. The predicted molar refractivity (Wildman–Crippen MR) is 171 cm³/mol. The van der Waals surface area contributed by atoms with Crippen molar-refractivity contribution >= 4 is 29.2 Å². The highest BCUT2D eigenvalue weighted by Crippen LogP contribution is 2.62. The van der Waals surface area contributed by atoms with E-state index in [-0.39, 0.29) is 22.7 Å². The summed E-state index contributed by atoms with van der Waals surface area (Å²) >= 11 is 0. The van der Waals surface area contributed by atoms with Crippen LogP contribution in [0.25, 0.3) is 0 Å². The molecule has 3 aliphatic rings. The van der Waals surface area contributed by atoms with Crippen molar-refractivity contribution in [2.45, 2.75) is 43.6 Å². The predicted octanol–water partition coefficient (Wildman–Crippen LogP) is 4.58. The van der Waals surface area contributed by atoms with Gasteiger partial charge in [0.1, 0.15) is 28.8 Å². The van der Waals surface area contributed by atoms with Gasteiger partial charge < -0.3 is 24.8 Å². The van der Waals surface area contributed by atoms with Gasteiger partial charge in [0, 0.05) is 22.2 Å². The summed E-state index contributed by atoms with van der Waals surface area (Å²) in [5.41, 5.74) is 5.65. The fraction of sp³-hybridized carbons (Fsp3) is 0.278. The third-order valence-electron chi connectivity index (χ3n) is 9.50. The molecule has 10 heteroatoms. The molecule has 234 valence electrons. The van der Waals surface area contributed by atoms with E-state index < -0.39 is 34.2 Å². The topological polar surface area (TPSA) is 135 Å². The molecule has 10 nitrogen and oxygen atoms in total. The SMILES string of the molecule is COC(=O)C1=C(C(=O)OC)C2(C(=O)N3c4c2cccc4C(C)(c2ccccc2)CC3(C)C)C(C#N)=C(N)N1c1ccc(OC)cc1. The molecule has 46 heavy (non-hydrogen) atoms. The summed E-state index contributed by atoms with van der Waals surface area (Å²) in [6, 6.07) is 24.2. The lowest BCUT2D eigenvalue weighted by Gasteiger charge is -2.50. The van der Waals surface area contributed by atoms with Crippen LogP contribution in [-0.4, -0.2) is 44.7 Å². The number of methoxy groups -OCH3 is 3. The largest absolute Gasteiger partial charge is 0.497 e. The highest BCUT2D eigenvalue weighted by molar-refractivity contribution is 6.22. The first-order chi connectivity index (χ1) is 21.9. The summed E-state index contributed by atoms with van der Waals surface area (Å²) in [5.74, 6) is -2.17. The second kappa shape index (κ2) is 10.5. The number of hydrogen-bond donors (Lipinski definition) is 1. The van der Waals surface area contributed by atoms with Crippen molar-refractivity contribution in [3.8, 4) is 11.8 Å². The van der Waals surface area contributed by atoms with Gasteiger partial charge in [0.05, 0.1) is 38.2 Å². The Kier molecular flexibility index (Phi) is 6.97. The maximum Gasteiger partial charge on any atom is 0.355 e. The fourth-order valence-electron chi connectivity index (χ4n) is 7.70. The van der Waals surface area contributed by atoms with E-state index in [2.05, 4.69) is 25.1 Å². The van der Waals surface area contributed by atoms with Crippen LogP contribution >= 0.6 is 0 Å². The number of nitrogens with zero attached hydrogens (tertiary/aromatic N) is 3. The van der Waals surface area contributed by atoms with Gasteiger partial charge in [-0.3, -0.25) is 9.69 Å². The number of ether oxygens (including phenoxy) is 3. The Bertz CT molecular complexity index is 1910. The number of benzene rings is 3. The van der Waals surface area contributed by atoms with E-state index in [1.165, 1.54) is 19.1 Å². The van der Waals surface area contributed by atoms with Crippen molar-refractivity contribution < 1.29 is 28.6 Å². The molecule has 2 N–H and O–H groups in total. The number of fused-ring (bicyclic) bond motifs is 1. The van der Waals surface area contributed by atoms with Crippen LogP contribution in [-0.2, 0) is 34.7 Å². The molecular formula is C36H34N4O6. The Morgan fingerprint density at radius 2 is 1.50 bits per heavy atom. The van der Waals surface area contributed by atoms with Crippen molar-refractivity contribution in [1.29, 1.82) is 5.26 Å². The number of rotatable bonds is 5. The van der Waals surface area contributed by atoms with Gasteiger partial charge in [-0.15, -0.1) is 0 Å². The third kappa shape index (κ3) is 3.84. The molecule has 2 unspecified atom stereocenters. The Morgan fingerprint density at radius 1 is 0.870 bits per heavy atom. The van der Waals surface area contributed by atoms with Gasteiger partial charge in [0.15, 0.2) is 0 Å². The smallest absolute Gasteiger partial charge is 0.355 e. The molecule has 1 amide bonds. The van der Waals surface area contributed by atoms with E-state index in [1.807, 2.05) is 38.1 Å². The van der Waals surface area contributed by atoms with Crippen LogP contribution in [0.5, 0.6) is 5.75 Å². The summed E-state index contributed by atoms with van der Waals surface area (Å²) in [7, 11) is 3.84. The van der Waals surface area contributed by atoms with Gasteiger partial charge in [-0.25, -0.2) is 9.59 Å². The van der Waals surface area contributed by atoms with Crippen LogP contribution < -0.4 is 20.3 Å². The molecule has 0 bridgehead atoms. The second-order valence-corrected chi connectivity index (χ2v) is 12.4. The Balaban J connectivity index is 1.77. The van der Waals surface area contributed by atoms with Gasteiger partial charge in [-0.05, 0) is 55.7 Å². The standard InChI is InChI=1S/C36H34N4O6/c1-34(2)20-35(3,21-11-8-7-9-12-21)24-13-10-14-25-28(24)40(34)33(43)36(25)26(19-37)30(38)39(22-15-17-23(44-4)18-16-22)29(32(42)46-6)27(36)31(41)45-5/h7-18H,20,38H2,1-6H3. The molecule has 0 aromatic heterocycles. The lowest BCUT2D eigenvalue weighted by atomic mass is 9.64. The first kappa shape index (κ1) is 30.5. The van der Waals surface area contributed by atoms with E-state index >= 15 is 4.79 Å². The molecule has 3 aliphatic heterocycles. The zero-order chi connectivity index (χ0) is 33.2. The van der Waals surface area contributed by atoms with E-state index in [4.69, 9.17) is 19.9 Å². The molecule has 3 aromatic carbocycles. The Morgan fingerprint density at radius 3 is 2.09 bits per heavy atom. The molecule has 1 spiro atoms. The zero-order valence-electron chi connectivity index (χ0n) is 26.5. The van der Waals surface area contributed by atoms with Crippen LogP contribution in [0.4, 0.5) is 11.4 Å². The fourth-order valence-corrected chi connectivity index (χ4v) is 7.70. The number of carbonyl (C=O) groups is 3. The highest BCUT2D eigenvalue weighted by Gasteiger charge is 2.67. The van der Waals surface area contributed by atoms with Gasteiger partial charge in [-0.2, -0.15) is 5.26 Å². The molecule has 6 rings (SSSR count). The van der Waals surface area contributed by atoms with Gasteiger partial charge in [0.2, 0.25) is 5.91 Å². The quantitative estimate of drug-likeness (QED) is 0.408. The maximum absolute atomic E-state index is 15.3. The minimum Gasteiger partial charge on any atom is -0.497 e. The zero-order valence-corrected chi connectivity index (χ0v) is 26.5. The number of para-hydroxylation sites is 1. The van der Waals surface area contributed by atoms with E-state index in [1.54, 1.807) is 41.3 Å². The van der Waals surface area contributed by atoms with Crippen molar-refractivity contribution in [1.82, 2.24) is 0 Å². The van der Waals surface area contributed by atoms with Crippen LogP contribution in [0.1, 0.15) is 43.9 Å². The molecule has 3 aromatic rings. The summed E-state index contributed by atoms with van der Waals surface area (Å²) < 4.78 is 15.8. The van der Waals surface area contributed by atoms with Crippen LogP contribution in [0.3, 0.4) is 0 Å². The van der Waals surface area contributed by atoms with Crippen LogP contribution in [0, 0.1) is 11.3 Å². The average molecular weight is 619 g/mol. The number of esters is 2. The average Bonchev–Trinajstić information content (AvgIpc) is 3.32. The molecule has 0 saturated heterocycles. The van der Waals surface area contributed by atoms with Gasteiger partial charge in [-0.1, -0.05) is 55.5 Å². The number of hydrogen-bond acceptors (Lipinski definition) is 9. The first-order valence-corrected chi connectivity index (χ1v) is 14.7. The normalized spacial score (nSPS) is 22.8. The Labute approximate surface area is 267 Å². The van der Waals surface area contributed by atoms with Crippen molar-refractivity contribution in [3.05, 3.63) is 112 Å². The van der Waals surface area contributed by atoms with E-state index in [0.29, 0.717) is 29.1 Å². The molecule has 3 heterocycles. The number of carbonyl (C=O) groups excluding carboxylic acids is 3. The number of anilines is 2. The van der Waals surface area contributed by atoms with E-state index in [0.717, 1.165) is 18.2 Å². The van der Waals surface area contributed by atoms with Gasteiger partial charge >= 0.3 is 11.9 Å². The highest BCUT2D eigenvalue weighted by atomic mass is 16.5. The molecular weight excluding hydrogens is 584 g/mol. The van der Waals surface area contributed by atoms with E-state index in [9.17, 15) is 14.9 Å². The molecule has 0 saturated carbocycles. The Hall–Kier alpha value is -5.56. The summed E-state index contributed by atoms with van der Waals surface area (Å²) in [5, 5.41) is 10.9. The number of nitrogens with two attached hydrogens (primary N) is 1. The van der Waals surface area contributed by atoms with Crippen molar-refractivity contribution in [3.63, 3.8) is 0 Å². The number of amides is 1. The summed E-state index contributed by atoms with van der Waals surface area (Å²) in [6.07, 6.45) is 0.530. The molecule has 0 radical (unpaired) electrons. The van der Waals surface area contributed by atoms with Crippen LogP contribution in [0.2, 0.25) is 0 Å². The molecule has 0 fully saturated rings. The first-order valence-electron chi connectivity index (χ1n) is 14.7. The molecule has 0 aliphatic carbocycles. The monoisotopic (exact) mass is 618 g/mol.